The van der Waals surface area contributed by atoms with E-state index < -0.39 is 54.6 Å². The first-order valence-corrected chi connectivity index (χ1v) is 9.50. The molecule has 9 atom stereocenters. The van der Waals surface area contributed by atoms with Crippen molar-refractivity contribution in [3.05, 3.63) is 12.2 Å². The van der Waals surface area contributed by atoms with E-state index in [1.807, 2.05) is 13.0 Å². The highest BCUT2D eigenvalue weighted by Gasteiger charge is 2.75. The maximum Gasteiger partial charge on any atom is 0.186 e. The highest BCUT2D eigenvalue weighted by Crippen LogP contribution is 2.66. The third-order valence-corrected chi connectivity index (χ3v) is 6.28. The molecule has 1 aliphatic carbocycles. The molecule has 3 rings (SSSR count). The van der Waals surface area contributed by atoms with Crippen molar-refractivity contribution < 1.29 is 39.7 Å². The topological polar surface area (TPSA) is 132 Å². The lowest BCUT2D eigenvalue weighted by Gasteiger charge is -2.44. The van der Waals surface area contributed by atoms with Gasteiger partial charge in [-0.15, -0.1) is 0 Å². The Morgan fingerprint density at radius 3 is 2.33 bits per heavy atom. The van der Waals surface area contributed by atoms with Crippen LogP contribution < -0.4 is 0 Å². The predicted octanol–water partition coefficient (Wildman–Crippen LogP) is -0.544. The average molecular weight is 388 g/mol. The smallest absolute Gasteiger partial charge is 0.186 e. The molecule has 9 unspecified atom stereocenters. The average Bonchev–Trinajstić information content (AvgIpc) is 3.20. The molecule has 5 N–H and O–H groups in total. The van der Waals surface area contributed by atoms with Crippen LogP contribution in [-0.2, 0) is 14.2 Å². The van der Waals surface area contributed by atoms with E-state index in [0.29, 0.717) is 12.8 Å². The van der Waals surface area contributed by atoms with Crippen LogP contribution in [0, 0.1) is 5.41 Å². The van der Waals surface area contributed by atoms with E-state index in [0.717, 1.165) is 0 Å². The lowest BCUT2D eigenvalue weighted by atomic mass is 9.63. The molecule has 0 bridgehead atoms. The van der Waals surface area contributed by atoms with Gasteiger partial charge in [0.1, 0.15) is 35.6 Å². The molecule has 0 aromatic carbocycles. The van der Waals surface area contributed by atoms with Crippen LogP contribution in [0.4, 0.5) is 0 Å². The van der Waals surface area contributed by atoms with Crippen LogP contribution in [0.15, 0.2) is 12.2 Å². The molecule has 1 saturated carbocycles. The Balaban J connectivity index is 1.72. The van der Waals surface area contributed by atoms with Crippen molar-refractivity contribution in [2.24, 2.45) is 5.41 Å². The van der Waals surface area contributed by atoms with E-state index in [2.05, 4.69) is 13.8 Å². The first-order chi connectivity index (χ1) is 12.5. The first-order valence-electron chi connectivity index (χ1n) is 9.50. The highest BCUT2D eigenvalue weighted by molar-refractivity contribution is 5.32. The van der Waals surface area contributed by atoms with Gasteiger partial charge in [-0.25, -0.2) is 0 Å². The van der Waals surface area contributed by atoms with Gasteiger partial charge in [-0.1, -0.05) is 26.0 Å². The fourth-order valence-electron chi connectivity index (χ4n) is 4.78. The van der Waals surface area contributed by atoms with Crippen molar-refractivity contribution >= 4 is 0 Å². The second-order valence-corrected chi connectivity index (χ2v) is 8.92. The summed E-state index contributed by atoms with van der Waals surface area (Å²) in [5.74, 6) is 0. The monoisotopic (exact) mass is 388 g/mol. The molecule has 0 spiro atoms. The van der Waals surface area contributed by atoms with Gasteiger partial charge in [-0.05, 0) is 20.3 Å². The summed E-state index contributed by atoms with van der Waals surface area (Å²) in [5, 5.41) is 49.0. The van der Waals surface area contributed by atoms with E-state index in [9.17, 15) is 25.5 Å². The molecule has 2 saturated heterocycles. The molecule has 0 radical (unpaired) electrons. The van der Waals surface area contributed by atoms with Crippen molar-refractivity contribution in [3.63, 3.8) is 0 Å². The van der Waals surface area contributed by atoms with E-state index in [1.54, 1.807) is 13.0 Å². The van der Waals surface area contributed by atoms with Crippen LogP contribution >= 0.6 is 0 Å². The summed E-state index contributed by atoms with van der Waals surface area (Å²) in [5.41, 5.74) is -1.27. The van der Waals surface area contributed by atoms with Gasteiger partial charge >= 0.3 is 0 Å². The maximum atomic E-state index is 10.2. The van der Waals surface area contributed by atoms with Gasteiger partial charge in [0, 0.05) is 11.8 Å². The number of hydrogen-bond donors (Lipinski definition) is 5. The summed E-state index contributed by atoms with van der Waals surface area (Å²) in [4.78, 5) is 0. The van der Waals surface area contributed by atoms with Crippen LogP contribution in [0.1, 0.15) is 40.5 Å². The molecule has 2 aliphatic heterocycles. The summed E-state index contributed by atoms with van der Waals surface area (Å²) in [6, 6.07) is 0. The fraction of sp³-hybridized carbons (Fsp3) is 0.895. The summed E-state index contributed by atoms with van der Waals surface area (Å²) in [6.45, 7) is 7.31. The third kappa shape index (κ3) is 3.47. The summed E-state index contributed by atoms with van der Waals surface area (Å²) >= 11 is 0. The lowest BCUT2D eigenvalue weighted by molar-refractivity contribution is -0.315. The van der Waals surface area contributed by atoms with Gasteiger partial charge in [0.2, 0.25) is 0 Å². The van der Waals surface area contributed by atoms with E-state index >= 15 is 0 Å². The molecule has 0 amide bonds. The Morgan fingerprint density at radius 1 is 1.11 bits per heavy atom. The van der Waals surface area contributed by atoms with E-state index in [4.69, 9.17) is 14.2 Å². The van der Waals surface area contributed by atoms with Crippen molar-refractivity contribution in [1.29, 1.82) is 0 Å². The van der Waals surface area contributed by atoms with Gasteiger partial charge in [0.05, 0.1) is 18.8 Å². The van der Waals surface area contributed by atoms with Gasteiger partial charge in [0.15, 0.2) is 6.29 Å². The van der Waals surface area contributed by atoms with Gasteiger partial charge in [-0.2, -0.15) is 0 Å². The standard InChI is InChI=1S/C19H32O8/c1-10(21)5-6-19-17(2,3)7-11(8-18(19,4)27-19)25-16-15(24)14(23)13(22)12(9-20)26-16/h5-6,10-16,20-24H,7-9H2,1-4H3. The van der Waals surface area contributed by atoms with E-state index in [-0.39, 0.29) is 11.5 Å². The Hall–Kier alpha value is -0.580. The number of ether oxygens (including phenoxy) is 3. The maximum absolute atomic E-state index is 10.2. The number of aliphatic hydroxyl groups excluding tert-OH is 5. The molecule has 0 aromatic rings. The number of epoxide rings is 1. The Kier molecular flexibility index (Phi) is 5.51. The normalized spacial score (nSPS) is 50.4. The zero-order valence-corrected chi connectivity index (χ0v) is 16.3. The lowest BCUT2D eigenvalue weighted by Crippen LogP contribution is -2.60. The minimum atomic E-state index is -1.46. The van der Waals surface area contributed by atoms with Gasteiger partial charge in [-0.3, -0.25) is 0 Å². The third-order valence-electron chi connectivity index (χ3n) is 6.28. The molecule has 156 valence electrons. The number of hydrogen-bond acceptors (Lipinski definition) is 8. The predicted molar refractivity (Wildman–Crippen MR) is 94.7 cm³/mol. The van der Waals surface area contributed by atoms with Crippen LogP contribution in [0.3, 0.4) is 0 Å². The van der Waals surface area contributed by atoms with Crippen LogP contribution in [-0.4, -0.2) is 86.3 Å². The first kappa shape index (κ1) is 21.1. The molecular weight excluding hydrogens is 356 g/mol. The van der Waals surface area contributed by atoms with Crippen molar-refractivity contribution in [3.8, 4) is 0 Å². The van der Waals surface area contributed by atoms with E-state index in [1.165, 1.54) is 0 Å². The molecule has 2 heterocycles. The molecule has 8 heteroatoms. The van der Waals surface area contributed by atoms with Crippen molar-refractivity contribution in [1.82, 2.24) is 0 Å². The van der Waals surface area contributed by atoms with Crippen molar-refractivity contribution in [2.45, 2.75) is 94.7 Å². The zero-order chi connectivity index (χ0) is 20.2. The SMILES string of the molecule is CC(O)C=CC12OC1(C)CC(OC1OC(CO)C(O)C(O)C1O)CC2(C)C. The largest absolute Gasteiger partial charge is 0.394 e. The molecule has 27 heavy (non-hydrogen) atoms. The Bertz CT molecular complexity index is 576. The van der Waals surface area contributed by atoms with Gasteiger partial charge in [0.25, 0.3) is 0 Å². The second-order valence-electron chi connectivity index (χ2n) is 8.92. The van der Waals surface area contributed by atoms with Crippen molar-refractivity contribution in [2.75, 3.05) is 6.61 Å². The van der Waals surface area contributed by atoms with Crippen LogP contribution in [0.5, 0.6) is 0 Å². The number of fused-ring (bicyclic) bond motifs is 1. The Morgan fingerprint density at radius 2 is 1.78 bits per heavy atom. The number of rotatable bonds is 5. The van der Waals surface area contributed by atoms with Crippen LogP contribution in [0.25, 0.3) is 0 Å². The second kappa shape index (κ2) is 7.03. The fourth-order valence-corrected chi connectivity index (χ4v) is 4.78. The quantitative estimate of drug-likeness (QED) is 0.313. The Labute approximate surface area is 159 Å². The summed E-state index contributed by atoms with van der Waals surface area (Å²) in [6.07, 6.45) is -2.47. The molecule has 8 nitrogen and oxygen atoms in total. The zero-order valence-electron chi connectivity index (χ0n) is 16.3. The molecule has 0 aromatic heterocycles. The van der Waals surface area contributed by atoms with Crippen LogP contribution in [0.2, 0.25) is 0 Å². The minimum Gasteiger partial charge on any atom is -0.394 e. The minimum absolute atomic E-state index is 0.301. The molecular formula is C19H32O8. The summed E-state index contributed by atoms with van der Waals surface area (Å²) in [7, 11) is 0. The highest BCUT2D eigenvalue weighted by atomic mass is 16.7. The number of aliphatic hydroxyl groups is 5. The van der Waals surface area contributed by atoms with Gasteiger partial charge < -0.3 is 39.7 Å². The summed E-state index contributed by atoms with van der Waals surface area (Å²) < 4.78 is 17.6. The molecule has 3 aliphatic rings. The molecule has 3 fully saturated rings.